The molecule has 8 heteroatoms. The molecule has 0 saturated heterocycles. The van der Waals surface area contributed by atoms with Gasteiger partial charge in [0.1, 0.15) is 23.0 Å². The number of carbonyl (C=O) groups excluding carboxylic acids is 1. The van der Waals surface area contributed by atoms with Gasteiger partial charge in [0.15, 0.2) is 0 Å². The van der Waals surface area contributed by atoms with Gasteiger partial charge in [0.05, 0.1) is 28.2 Å². The minimum atomic E-state index is -0.378. The summed E-state index contributed by atoms with van der Waals surface area (Å²) < 4.78 is 36.6. The van der Waals surface area contributed by atoms with Gasteiger partial charge in [-0.2, -0.15) is 0 Å². The first-order chi connectivity index (χ1) is 20.0. The van der Waals surface area contributed by atoms with Gasteiger partial charge >= 0.3 is 0 Å². The van der Waals surface area contributed by atoms with Crippen molar-refractivity contribution in [2.75, 3.05) is 19.4 Å². The minimum Gasteiger partial charge on any atom is -0.455 e. The summed E-state index contributed by atoms with van der Waals surface area (Å²) in [5.41, 5.74) is 6.94. The molecule has 1 amide bonds. The molecular weight excluding hydrogens is 522 g/mol. The molecule has 4 heterocycles. The summed E-state index contributed by atoms with van der Waals surface area (Å²) in [5, 5.41) is 7.08. The number of anilines is 1. The fourth-order valence-corrected chi connectivity index (χ4v) is 5.60. The highest BCUT2D eigenvalue weighted by Crippen LogP contribution is 2.41. The third-order valence-corrected chi connectivity index (χ3v) is 7.58. The third-order valence-electron chi connectivity index (χ3n) is 7.58. The number of rotatable bonds is 4. The van der Waals surface area contributed by atoms with Crippen LogP contribution in [0.5, 0.6) is 0 Å². The highest BCUT2D eigenvalue weighted by Gasteiger charge is 2.25. The molecule has 0 aliphatic carbocycles. The fourth-order valence-electron chi connectivity index (χ4n) is 5.60. The first-order valence-electron chi connectivity index (χ1n) is 13.2. The molecule has 3 aromatic heterocycles. The highest BCUT2D eigenvalue weighted by molar-refractivity contribution is 6.12. The van der Waals surface area contributed by atoms with Crippen LogP contribution >= 0.6 is 0 Å². The van der Waals surface area contributed by atoms with E-state index >= 15 is 0 Å². The monoisotopic (exact) mass is 546 g/mol. The number of allylic oxidation sites excluding steroid dienone is 1. The summed E-state index contributed by atoms with van der Waals surface area (Å²) in [5.74, 6) is -0.619. The van der Waals surface area contributed by atoms with E-state index in [0.717, 1.165) is 33.7 Å². The number of amides is 1. The summed E-state index contributed by atoms with van der Waals surface area (Å²) in [6.07, 6.45) is 4.07. The Morgan fingerprint density at radius 3 is 2.59 bits per heavy atom. The number of benzene rings is 3. The lowest BCUT2D eigenvalue weighted by Crippen LogP contribution is -2.18. The predicted molar refractivity (Wildman–Crippen MR) is 158 cm³/mol. The number of fused-ring (bicyclic) bond motifs is 6. The molecule has 202 valence electrons. The molecule has 3 aromatic carbocycles. The Morgan fingerprint density at radius 2 is 1.80 bits per heavy atom. The van der Waals surface area contributed by atoms with Crippen LogP contribution in [0.15, 0.2) is 83.3 Å². The first-order valence-corrected chi connectivity index (χ1v) is 13.2. The number of furan rings is 1. The number of pyridine rings is 1. The van der Waals surface area contributed by atoms with Crippen molar-refractivity contribution in [2.45, 2.75) is 6.54 Å². The second-order valence-corrected chi connectivity index (χ2v) is 9.89. The zero-order valence-electron chi connectivity index (χ0n) is 22.3. The van der Waals surface area contributed by atoms with E-state index in [1.54, 1.807) is 32.3 Å². The highest BCUT2D eigenvalue weighted by atomic mass is 19.1. The van der Waals surface area contributed by atoms with Crippen molar-refractivity contribution in [2.24, 2.45) is 0 Å². The SMILES string of the molecule is CNC(=O)c1c(-c2ccc(F)cc2)oc2cc(NC)c(-c3ccc4c(n3)-c3cc5c(F)cccc5n3CC=C4)cc12. The Labute approximate surface area is 233 Å². The Kier molecular flexibility index (Phi) is 5.71. The number of aromatic nitrogens is 2. The van der Waals surface area contributed by atoms with Crippen molar-refractivity contribution in [3.05, 3.63) is 102 Å². The van der Waals surface area contributed by atoms with Gasteiger partial charge in [-0.05, 0) is 54.6 Å². The normalized spacial score (nSPS) is 12.3. The lowest BCUT2D eigenvalue weighted by molar-refractivity contribution is 0.0964. The average Bonchev–Trinajstić information content (AvgIpc) is 3.50. The van der Waals surface area contributed by atoms with E-state index in [-0.39, 0.29) is 17.5 Å². The maximum absolute atomic E-state index is 14.7. The number of hydrogen-bond donors (Lipinski definition) is 2. The Balaban J connectivity index is 1.45. The summed E-state index contributed by atoms with van der Waals surface area (Å²) in [4.78, 5) is 18.2. The van der Waals surface area contributed by atoms with Crippen LogP contribution < -0.4 is 10.6 Å². The Hall–Kier alpha value is -5.24. The van der Waals surface area contributed by atoms with Crippen LogP contribution in [0.2, 0.25) is 0 Å². The number of carbonyl (C=O) groups is 1. The first kappa shape index (κ1) is 24.8. The topological polar surface area (TPSA) is 72.1 Å². The van der Waals surface area contributed by atoms with Gasteiger partial charge in [-0.15, -0.1) is 0 Å². The Bertz CT molecular complexity index is 2040. The second-order valence-electron chi connectivity index (χ2n) is 9.89. The van der Waals surface area contributed by atoms with E-state index in [4.69, 9.17) is 9.40 Å². The number of halogens is 2. The third kappa shape index (κ3) is 3.90. The molecule has 0 radical (unpaired) electrons. The molecule has 6 aromatic rings. The number of nitrogens with one attached hydrogen (secondary N) is 2. The van der Waals surface area contributed by atoms with E-state index in [9.17, 15) is 13.6 Å². The van der Waals surface area contributed by atoms with Crippen molar-refractivity contribution in [3.8, 4) is 34.0 Å². The molecule has 0 bridgehead atoms. The molecule has 0 unspecified atom stereocenters. The molecule has 2 N–H and O–H groups in total. The molecule has 0 atom stereocenters. The van der Waals surface area contributed by atoms with Crippen LogP contribution in [0, 0.1) is 11.6 Å². The summed E-state index contributed by atoms with van der Waals surface area (Å²) >= 11 is 0. The quantitative estimate of drug-likeness (QED) is 0.240. The predicted octanol–water partition coefficient (Wildman–Crippen LogP) is 7.49. The van der Waals surface area contributed by atoms with Crippen molar-refractivity contribution in [1.29, 1.82) is 0 Å². The minimum absolute atomic E-state index is 0.272. The number of nitrogens with zero attached hydrogens (tertiary/aromatic N) is 2. The van der Waals surface area contributed by atoms with E-state index in [1.807, 2.05) is 48.6 Å². The Morgan fingerprint density at radius 1 is 0.976 bits per heavy atom. The maximum atomic E-state index is 14.7. The number of hydrogen-bond acceptors (Lipinski definition) is 4. The van der Waals surface area contributed by atoms with Crippen LogP contribution in [-0.2, 0) is 6.54 Å². The molecule has 1 aliphatic rings. The summed E-state index contributed by atoms with van der Waals surface area (Å²) in [6.45, 7) is 0.596. The molecule has 7 rings (SSSR count). The van der Waals surface area contributed by atoms with Gasteiger partial charge in [0.2, 0.25) is 0 Å². The molecule has 6 nitrogen and oxygen atoms in total. The van der Waals surface area contributed by atoms with Gasteiger partial charge in [-0.25, -0.2) is 13.8 Å². The zero-order valence-corrected chi connectivity index (χ0v) is 22.3. The van der Waals surface area contributed by atoms with Gasteiger partial charge in [0.25, 0.3) is 5.91 Å². The van der Waals surface area contributed by atoms with Crippen molar-refractivity contribution in [3.63, 3.8) is 0 Å². The average molecular weight is 547 g/mol. The van der Waals surface area contributed by atoms with E-state index in [1.165, 1.54) is 18.2 Å². The smallest absolute Gasteiger partial charge is 0.255 e. The summed E-state index contributed by atoms with van der Waals surface area (Å²) in [6, 6.07) is 20.4. The molecule has 0 spiro atoms. The van der Waals surface area contributed by atoms with Crippen molar-refractivity contribution < 1.29 is 18.0 Å². The molecule has 41 heavy (non-hydrogen) atoms. The van der Waals surface area contributed by atoms with Crippen LogP contribution in [0.4, 0.5) is 14.5 Å². The molecular formula is C33H24F2N4O2. The molecule has 1 aliphatic heterocycles. The van der Waals surface area contributed by atoms with Gasteiger partial charge < -0.3 is 19.6 Å². The van der Waals surface area contributed by atoms with Crippen LogP contribution in [0.1, 0.15) is 15.9 Å². The zero-order chi connectivity index (χ0) is 28.2. The molecule has 0 saturated carbocycles. The van der Waals surface area contributed by atoms with Crippen LogP contribution in [-0.4, -0.2) is 29.6 Å². The summed E-state index contributed by atoms with van der Waals surface area (Å²) in [7, 11) is 3.36. The molecule has 0 fully saturated rings. The maximum Gasteiger partial charge on any atom is 0.255 e. The van der Waals surface area contributed by atoms with Crippen LogP contribution in [0.25, 0.3) is 61.9 Å². The van der Waals surface area contributed by atoms with Crippen molar-refractivity contribution >= 4 is 39.5 Å². The van der Waals surface area contributed by atoms with E-state index in [0.29, 0.717) is 45.5 Å². The van der Waals surface area contributed by atoms with Gasteiger partial charge in [-0.1, -0.05) is 24.3 Å². The van der Waals surface area contributed by atoms with Gasteiger partial charge in [0, 0.05) is 59.9 Å². The second kappa shape index (κ2) is 9.45. The van der Waals surface area contributed by atoms with E-state index in [2.05, 4.69) is 15.2 Å². The lowest BCUT2D eigenvalue weighted by Gasteiger charge is -2.13. The fraction of sp³-hybridized carbons (Fsp3) is 0.0909. The van der Waals surface area contributed by atoms with Gasteiger partial charge in [-0.3, -0.25) is 4.79 Å². The standard InChI is InChI=1S/C33H24F2N4O2/c1-36-26-17-29-23(30(33(40)37-2)32(41-29)19-8-11-20(34)12-9-19)15-22(26)25-13-10-18-5-4-14-39-27-7-3-6-24(35)21(27)16-28(39)31(18)38-25/h3-13,15-17,36H,14H2,1-2H3,(H,37,40). The van der Waals surface area contributed by atoms with Crippen LogP contribution in [0.3, 0.4) is 0 Å². The largest absolute Gasteiger partial charge is 0.455 e. The lowest BCUT2D eigenvalue weighted by atomic mass is 10.00. The van der Waals surface area contributed by atoms with Crippen molar-refractivity contribution in [1.82, 2.24) is 14.9 Å². The van der Waals surface area contributed by atoms with E-state index < -0.39 is 0 Å².